The van der Waals surface area contributed by atoms with E-state index in [4.69, 9.17) is 10.00 Å². The first-order valence-electron chi connectivity index (χ1n) is 5.26. The molecular weight excluding hydrogens is 234 g/mol. The van der Waals surface area contributed by atoms with Gasteiger partial charge in [0.25, 0.3) is 5.91 Å². The van der Waals surface area contributed by atoms with E-state index < -0.39 is 18.0 Å². The van der Waals surface area contributed by atoms with Crippen LogP contribution in [0.5, 0.6) is 5.75 Å². The van der Waals surface area contributed by atoms with Crippen LogP contribution in [0.1, 0.15) is 12.5 Å². The van der Waals surface area contributed by atoms with Gasteiger partial charge in [-0.25, -0.2) is 4.79 Å². The minimum atomic E-state index is -0.810. The molecule has 1 aromatic rings. The van der Waals surface area contributed by atoms with Crippen molar-refractivity contribution in [3.8, 4) is 11.8 Å². The highest BCUT2D eigenvalue weighted by molar-refractivity contribution is 5.96. The number of nitrogens with zero attached hydrogens (tertiary/aromatic N) is 1. The topological polar surface area (TPSA) is 91.2 Å². The molecule has 94 valence electrons. The van der Waals surface area contributed by atoms with Gasteiger partial charge in [-0.1, -0.05) is 0 Å². The Kier molecular flexibility index (Phi) is 4.69. The SMILES string of the molecule is CNC(=O)NC(=O)[C@H](C)Oc1ccc(C#N)cc1. The molecule has 18 heavy (non-hydrogen) atoms. The first-order valence-corrected chi connectivity index (χ1v) is 5.26. The number of amides is 3. The lowest BCUT2D eigenvalue weighted by Crippen LogP contribution is -2.43. The Morgan fingerprint density at radius 3 is 2.44 bits per heavy atom. The number of imide groups is 1. The third-order valence-electron chi connectivity index (χ3n) is 2.13. The van der Waals surface area contributed by atoms with Crippen LogP contribution in [0.4, 0.5) is 4.79 Å². The quantitative estimate of drug-likeness (QED) is 0.825. The molecule has 1 rings (SSSR count). The van der Waals surface area contributed by atoms with Crippen molar-refractivity contribution in [2.45, 2.75) is 13.0 Å². The Morgan fingerprint density at radius 1 is 1.33 bits per heavy atom. The third kappa shape index (κ3) is 3.79. The number of hydrogen-bond donors (Lipinski definition) is 2. The number of benzene rings is 1. The van der Waals surface area contributed by atoms with Gasteiger partial charge in [0, 0.05) is 7.05 Å². The van der Waals surface area contributed by atoms with Gasteiger partial charge in [0.15, 0.2) is 6.10 Å². The zero-order valence-corrected chi connectivity index (χ0v) is 10.1. The molecule has 6 nitrogen and oxygen atoms in total. The van der Waals surface area contributed by atoms with Crippen molar-refractivity contribution in [1.82, 2.24) is 10.6 Å². The standard InChI is InChI=1S/C12H13N3O3/c1-8(11(16)15-12(17)14-2)18-10-5-3-9(7-13)4-6-10/h3-6,8H,1-2H3,(H2,14,15,16,17)/t8-/m0/s1. The lowest BCUT2D eigenvalue weighted by atomic mass is 10.2. The molecule has 0 radical (unpaired) electrons. The van der Waals surface area contributed by atoms with Crippen LogP contribution in [-0.4, -0.2) is 25.1 Å². The molecule has 0 saturated carbocycles. The van der Waals surface area contributed by atoms with Crippen molar-refractivity contribution in [1.29, 1.82) is 5.26 Å². The summed E-state index contributed by atoms with van der Waals surface area (Å²) in [5.41, 5.74) is 0.504. The van der Waals surface area contributed by atoms with Gasteiger partial charge in [0.2, 0.25) is 0 Å². The Labute approximate surface area is 105 Å². The monoisotopic (exact) mass is 247 g/mol. The predicted molar refractivity (Wildman–Crippen MR) is 63.8 cm³/mol. The average Bonchev–Trinajstić information content (AvgIpc) is 2.39. The van der Waals surface area contributed by atoms with Crippen LogP contribution in [0.3, 0.4) is 0 Å². The second-order valence-corrected chi connectivity index (χ2v) is 3.46. The summed E-state index contributed by atoms with van der Waals surface area (Å²) in [7, 11) is 1.41. The third-order valence-corrected chi connectivity index (χ3v) is 2.13. The van der Waals surface area contributed by atoms with Crippen molar-refractivity contribution < 1.29 is 14.3 Å². The summed E-state index contributed by atoms with van der Waals surface area (Å²) in [5, 5.41) is 13.0. The van der Waals surface area contributed by atoms with E-state index >= 15 is 0 Å². The Hall–Kier alpha value is -2.55. The van der Waals surface area contributed by atoms with Gasteiger partial charge in [-0.15, -0.1) is 0 Å². The Morgan fingerprint density at radius 2 is 1.94 bits per heavy atom. The summed E-state index contributed by atoms with van der Waals surface area (Å²) in [5.74, 6) is -0.0905. The molecule has 0 fully saturated rings. The van der Waals surface area contributed by atoms with Gasteiger partial charge in [0.05, 0.1) is 11.6 Å². The number of nitrogens with one attached hydrogen (secondary N) is 2. The lowest BCUT2D eigenvalue weighted by molar-refractivity contribution is -0.126. The highest BCUT2D eigenvalue weighted by atomic mass is 16.5. The molecule has 0 aliphatic carbocycles. The van der Waals surface area contributed by atoms with Crippen molar-refractivity contribution in [2.24, 2.45) is 0 Å². The van der Waals surface area contributed by atoms with Crippen LogP contribution in [0.25, 0.3) is 0 Å². The summed E-state index contributed by atoms with van der Waals surface area (Å²) in [6, 6.07) is 7.72. The fourth-order valence-electron chi connectivity index (χ4n) is 1.14. The molecule has 2 N–H and O–H groups in total. The summed E-state index contributed by atoms with van der Waals surface area (Å²) in [4.78, 5) is 22.4. The van der Waals surface area contributed by atoms with Crippen LogP contribution in [-0.2, 0) is 4.79 Å². The fourth-order valence-corrected chi connectivity index (χ4v) is 1.14. The van der Waals surface area contributed by atoms with Gasteiger partial charge >= 0.3 is 6.03 Å². The molecule has 0 bridgehead atoms. The van der Waals surface area contributed by atoms with Crippen LogP contribution < -0.4 is 15.4 Å². The highest BCUT2D eigenvalue weighted by Gasteiger charge is 2.16. The van der Waals surface area contributed by atoms with E-state index in [1.807, 2.05) is 6.07 Å². The van der Waals surface area contributed by atoms with E-state index in [2.05, 4.69) is 10.6 Å². The maximum atomic E-state index is 11.5. The van der Waals surface area contributed by atoms with E-state index in [0.29, 0.717) is 11.3 Å². The minimum Gasteiger partial charge on any atom is -0.481 e. The van der Waals surface area contributed by atoms with Gasteiger partial charge < -0.3 is 10.1 Å². The van der Waals surface area contributed by atoms with E-state index in [-0.39, 0.29) is 0 Å². The van der Waals surface area contributed by atoms with Crippen molar-refractivity contribution in [3.63, 3.8) is 0 Å². The summed E-state index contributed by atoms with van der Waals surface area (Å²) in [6.45, 7) is 1.52. The lowest BCUT2D eigenvalue weighted by Gasteiger charge is -2.13. The number of ether oxygens (including phenoxy) is 1. The minimum absolute atomic E-state index is 0.452. The summed E-state index contributed by atoms with van der Waals surface area (Å²) < 4.78 is 5.32. The highest BCUT2D eigenvalue weighted by Crippen LogP contribution is 2.13. The van der Waals surface area contributed by atoms with Crippen molar-refractivity contribution in [2.75, 3.05) is 7.05 Å². The van der Waals surface area contributed by atoms with E-state index in [0.717, 1.165) is 0 Å². The van der Waals surface area contributed by atoms with E-state index in [1.165, 1.54) is 14.0 Å². The fraction of sp³-hybridized carbons (Fsp3) is 0.250. The molecule has 0 saturated heterocycles. The molecule has 3 amide bonds. The number of hydrogen-bond acceptors (Lipinski definition) is 4. The van der Waals surface area contributed by atoms with Crippen LogP contribution >= 0.6 is 0 Å². The maximum absolute atomic E-state index is 11.5. The smallest absolute Gasteiger partial charge is 0.321 e. The average molecular weight is 247 g/mol. The largest absolute Gasteiger partial charge is 0.481 e. The second kappa shape index (κ2) is 6.25. The molecule has 0 heterocycles. The molecule has 0 unspecified atom stereocenters. The zero-order valence-electron chi connectivity index (χ0n) is 10.1. The molecule has 1 atom stereocenters. The van der Waals surface area contributed by atoms with Crippen molar-refractivity contribution >= 4 is 11.9 Å². The van der Waals surface area contributed by atoms with Crippen LogP contribution in [0.2, 0.25) is 0 Å². The maximum Gasteiger partial charge on any atom is 0.321 e. The Bertz CT molecular complexity index is 476. The molecule has 0 aliphatic heterocycles. The molecule has 0 spiro atoms. The van der Waals surface area contributed by atoms with Crippen LogP contribution in [0.15, 0.2) is 24.3 Å². The molecule has 0 aliphatic rings. The van der Waals surface area contributed by atoms with Crippen molar-refractivity contribution in [3.05, 3.63) is 29.8 Å². The number of rotatable bonds is 3. The van der Waals surface area contributed by atoms with Gasteiger partial charge in [-0.2, -0.15) is 5.26 Å². The predicted octanol–water partition coefficient (Wildman–Crippen LogP) is 0.781. The summed E-state index contributed by atoms with van der Waals surface area (Å²) >= 11 is 0. The second-order valence-electron chi connectivity index (χ2n) is 3.46. The molecule has 0 aromatic heterocycles. The van der Waals surface area contributed by atoms with Gasteiger partial charge in [-0.05, 0) is 31.2 Å². The van der Waals surface area contributed by atoms with Crippen LogP contribution in [0, 0.1) is 11.3 Å². The van der Waals surface area contributed by atoms with Gasteiger partial charge in [0.1, 0.15) is 5.75 Å². The van der Waals surface area contributed by atoms with Gasteiger partial charge in [-0.3, -0.25) is 10.1 Å². The first kappa shape index (κ1) is 13.5. The molecule has 6 heteroatoms. The number of urea groups is 1. The number of carbonyl (C=O) groups excluding carboxylic acids is 2. The van der Waals surface area contributed by atoms with E-state index in [9.17, 15) is 9.59 Å². The number of carbonyl (C=O) groups is 2. The number of nitriles is 1. The molecule has 1 aromatic carbocycles. The first-order chi connectivity index (χ1) is 8.56. The normalized spacial score (nSPS) is 10.9. The van der Waals surface area contributed by atoms with E-state index in [1.54, 1.807) is 24.3 Å². The Balaban J connectivity index is 2.58. The summed E-state index contributed by atoms with van der Waals surface area (Å²) in [6.07, 6.45) is -0.810. The zero-order chi connectivity index (χ0) is 13.5. The molecular formula is C12H13N3O3.